The largest absolute Gasteiger partial charge is 0.496 e. The van der Waals surface area contributed by atoms with Crippen molar-refractivity contribution in [2.75, 3.05) is 14.2 Å². The highest BCUT2D eigenvalue weighted by molar-refractivity contribution is 5.42. The average molecular weight is 273 g/mol. The van der Waals surface area contributed by atoms with Crippen LogP contribution in [0.3, 0.4) is 0 Å². The number of hydrogen-bond donors (Lipinski definition) is 1. The Morgan fingerprint density at radius 2 is 1.80 bits per heavy atom. The van der Waals surface area contributed by atoms with Crippen LogP contribution in [0.1, 0.15) is 28.3 Å². The van der Waals surface area contributed by atoms with Crippen LogP contribution < -0.4 is 10.1 Å². The van der Waals surface area contributed by atoms with Gasteiger partial charge in [0.2, 0.25) is 0 Å². The molecular formula is C17H20FNO. The van der Waals surface area contributed by atoms with Crippen LogP contribution in [0.5, 0.6) is 5.75 Å². The van der Waals surface area contributed by atoms with Crippen LogP contribution in [0.4, 0.5) is 4.39 Å². The SMILES string of the molecule is CNC(c1ccc(OC)c(C)c1)c1cc(F)ccc1C. The van der Waals surface area contributed by atoms with Gasteiger partial charge in [-0.2, -0.15) is 0 Å². The van der Waals surface area contributed by atoms with Gasteiger partial charge in [0.05, 0.1) is 13.2 Å². The lowest BCUT2D eigenvalue weighted by Crippen LogP contribution is -2.19. The Morgan fingerprint density at radius 1 is 1.05 bits per heavy atom. The summed E-state index contributed by atoms with van der Waals surface area (Å²) in [6.07, 6.45) is 0. The zero-order valence-corrected chi connectivity index (χ0v) is 12.3. The minimum atomic E-state index is -0.212. The summed E-state index contributed by atoms with van der Waals surface area (Å²) in [7, 11) is 3.54. The molecule has 1 unspecified atom stereocenters. The second-order valence-electron chi connectivity index (χ2n) is 4.95. The molecule has 0 aliphatic rings. The molecule has 2 rings (SSSR count). The van der Waals surface area contributed by atoms with Gasteiger partial charge in [0.25, 0.3) is 0 Å². The van der Waals surface area contributed by atoms with Gasteiger partial charge < -0.3 is 10.1 Å². The van der Waals surface area contributed by atoms with Gasteiger partial charge in [-0.3, -0.25) is 0 Å². The van der Waals surface area contributed by atoms with E-state index >= 15 is 0 Å². The van der Waals surface area contributed by atoms with Gasteiger partial charge in [-0.25, -0.2) is 4.39 Å². The molecule has 0 saturated heterocycles. The average Bonchev–Trinajstić information content (AvgIpc) is 2.44. The van der Waals surface area contributed by atoms with Gasteiger partial charge in [0, 0.05) is 0 Å². The summed E-state index contributed by atoms with van der Waals surface area (Å²) in [5, 5.41) is 3.26. The molecule has 3 heteroatoms. The van der Waals surface area contributed by atoms with Gasteiger partial charge in [0.15, 0.2) is 0 Å². The lowest BCUT2D eigenvalue weighted by atomic mass is 9.94. The highest BCUT2D eigenvalue weighted by Gasteiger charge is 2.16. The lowest BCUT2D eigenvalue weighted by molar-refractivity contribution is 0.411. The molecule has 106 valence electrons. The van der Waals surface area contributed by atoms with E-state index in [4.69, 9.17) is 4.74 Å². The second-order valence-corrected chi connectivity index (χ2v) is 4.95. The standard InChI is InChI=1S/C17H20FNO/c1-11-5-7-14(18)10-15(11)17(19-3)13-6-8-16(20-4)12(2)9-13/h5-10,17,19H,1-4H3. The Labute approximate surface area is 119 Å². The van der Waals surface area contributed by atoms with E-state index < -0.39 is 0 Å². The summed E-state index contributed by atoms with van der Waals surface area (Å²) < 4.78 is 18.8. The van der Waals surface area contributed by atoms with E-state index in [-0.39, 0.29) is 11.9 Å². The Kier molecular flexibility index (Phi) is 4.40. The minimum absolute atomic E-state index is 0.0321. The number of hydrogen-bond acceptors (Lipinski definition) is 2. The molecule has 20 heavy (non-hydrogen) atoms. The van der Waals surface area contributed by atoms with Crippen molar-refractivity contribution in [1.29, 1.82) is 0 Å². The molecule has 0 heterocycles. The number of halogens is 1. The van der Waals surface area contributed by atoms with Crippen LogP contribution in [-0.2, 0) is 0 Å². The molecular weight excluding hydrogens is 253 g/mol. The number of rotatable bonds is 4. The Hall–Kier alpha value is -1.87. The first-order chi connectivity index (χ1) is 9.56. The first kappa shape index (κ1) is 14.5. The van der Waals surface area contributed by atoms with Gasteiger partial charge in [-0.1, -0.05) is 18.2 Å². The van der Waals surface area contributed by atoms with E-state index in [2.05, 4.69) is 11.4 Å². The summed E-state index contributed by atoms with van der Waals surface area (Å²) in [4.78, 5) is 0. The van der Waals surface area contributed by atoms with Crippen molar-refractivity contribution in [1.82, 2.24) is 5.32 Å². The van der Waals surface area contributed by atoms with Gasteiger partial charge in [-0.05, 0) is 61.3 Å². The van der Waals surface area contributed by atoms with Crippen molar-refractivity contribution in [2.45, 2.75) is 19.9 Å². The van der Waals surface area contributed by atoms with Crippen molar-refractivity contribution >= 4 is 0 Å². The molecule has 0 bridgehead atoms. The lowest BCUT2D eigenvalue weighted by Gasteiger charge is -2.20. The monoisotopic (exact) mass is 273 g/mol. The normalized spacial score (nSPS) is 12.2. The fraction of sp³-hybridized carbons (Fsp3) is 0.294. The molecule has 1 atom stereocenters. The summed E-state index contributed by atoms with van der Waals surface area (Å²) in [6.45, 7) is 4.00. The van der Waals surface area contributed by atoms with E-state index in [1.807, 2.05) is 39.1 Å². The summed E-state index contributed by atoms with van der Waals surface area (Å²) in [6, 6.07) is 10.9. The molecule has 0 amide bonds. The highest BCUT2D eigenvalue weighted by atomic mass is 19.1. The summed E-state index contributed by atoms with van der Waals surface area (Å²) >= 11 is 0. The van der Waals surface area contributed by atoms with Crippen molar-refractivity contribution in [3.63, 3.8) is 0 Å². The maximum absolute atomic E-state index is 13.5. The molecule has 0 aliphatic carbocycles. The number of ether oxygens (including phenoxy) is 1. The zero-order valence-electron chi connectivity index (χ0n) is 12.3. The maximum atomic E-state index is 13.5. The molecule has 0 fully saturated rings. The van der Waals surface area contributed by atoms with Gasteiger partial charge in [0.1, 0.15) is 11.6 Å². The Bertz CT molecular complexity index is 610. The highest BCUT2D eigenvalue weighted by Crippen LogP contribution is 2.28. The van der Waals surface area contributed by atoms with Crippen LogP contribution in [0.2, 0.25) is 0 Å². The van der Waals surface area contributed by atoms with Crippen LogP contribution >= 0.6 is 0 Å². The molecule has 0 aromatic heterocycles. The minimum Gasteiger partial charge on any atom is -0.496 e. The smallest absolute Gasteiger partial charge is 0.123 e. The number of benzene rings is 2. The summed E-state index contributed by atoms with van der Waals surface area (Å²) in [5.41, 5.74) is 4.19. The molecule has 0 radical (unpaired) electrons. The molecule has 0 saturated carbocycles. The van der Waals surface area contributed by atoms with E-state index in [0.717, 1.165) is 28.0 Å². The molecule has 0 spiro atoms. The van der Waals surface area contributed by atoms with Crippen molar-refractivity contribution in [3.8, 4) is 5.75 Å². The first-order valence-corrected chi connectivity index (χ1v) is 6.64. The van der Waals surface area contributed by atoms with E-state index in [1.54, 1.807) is 13.2 Å². The van der Waals surface area contributed by atoms with Crippen molar-refractivity contribution in [3.05, 3.63) is 64.5 Å². The predicted octanol–water partition coefficient (Wildman–Crippen LogP) is 3.76. The third kappa shape index (κ3) is 2.83. The number of methoxy groups -OCH3 is 1. The third-order valence-electron chi connectivity index (χ3n) is 3.59. The predicted molar refractivity (Wildman–Crippen MR) is 79.8 cm³/mol. The van der Waals surface area contributed by atoms with E-state index in [0.29, 0.717) is 0 Å². The topological polar surface area (TPSA) is 21.3 Å². The Balaban J connectivity index is 2.46. The van der Waals surface area contributed by atoms with Crippen molar-refractivity contribution < 1.29 is 9.13 Å². The molecule has 1 N–H and O–H groups in total. The molecule has 2 nitrogen and oxygen atoms in total. The first-order valence-electron chi connectivity index (χ1n) is 6.64. The second kappa shape index (κ2) is 6.06. The third-order valence-corrected chi connectivity index (χ3v) is 3.59. The van der Waals surface area contributed by atoms with Gasteiger partial charge >= 0.3 is 0 Å². The molecule has 2 aromatic carbocycles. The van der Waals surface area contributed by atoms with Crippen molar-refractivity contribution in [2.24, 2.45) is 0 Å². The van der Waals surface area contributed by atoms with Crippen LogP contribution in [0, 0.1) is 19.7 Å². The zero-order chi connectivity index (χ0) is 14.7. The fourth-order valence-corrected chi connectivity index (χ4v) is 2.51. The van der Waals surface area contributed by atoms with Crippen LogP contribution in [0.25, 0.3) is 0 Å². The quantitative estimate of drug-likeness (QED) is 0.915. The summed E-state index contributed by atoms with van der Waals surface area (Å²) in [5.74, 6) is 0.649. The van der Waals surface area contributed by atoms with Crippen LogP contribution in [0.15, 0.2) is 36.4 Å². The Morgan fingerprint density at radius 3 is 2.40 bits per heavy atom. The number of aryl methyl sites for hydroxylation is 2. The molecule has 0 aliphatic heterocycles. The van der Waals surface area contributed by atoms with Gasteiger partial charge in [-0.15, -0.1) is 0 Å². The van der Waals surface area contributed by atoms with E-state index in [1.165, 1.54) is 6.07 Å². The molecule has 2 aromatic rings. The maximum Gasteiger partial charge on any atom is 0.123 e. The van der Waals surface area contributed by atoms with Crippen LogP contribution in [-0.4, -0.2) is 14.2 Å². The fourth-order valence-electron chi connectivity index (χ4n) is 2.51. The number of nitrogens with one attached hydrogen (secondary N) is 1. The van der Waals surface area contributed by atoms with E-state index in [9.17, 15) is 4.39 Å².